The maximum atomic E-state index is 11.6. The molecule has 0 N–H and O–H groups in total. The minimum atomic E-state index is -2.91. The van der Waals surface area contributed by atoms with Crippen LogP contribution in [0, 0.1) is 6.92 Å². The molecule has 134 valence electrons. The molecule has 2 aliphatic heterocycles. The molecule has 24 heavy (non-hydrogen) atoms. The molecule has 3 rings (SSSR count). The van der Waals surface area contributed by atoms with E-state index < -0.39 is 9.84 Å². The molecule has 0 unspecified atom stereocenters. The molecule has 0 aromatic carbocycles. The minimum Gasteiger partial charge on any atom is -0.473 e. The van der Waals surface area contributed by atoms with E-state index in [4.69, 9.17) is 9.47 Å². The van der Waals surface area contributed by atoms with Crippen molar-refractivity contribution < 1.29 is 17.9 Å². The molecule has 0 amide bonds. The highest BCUT2D eigenvalue weighted by Crippen LogP contribution is 2.35. The summed E-state index contributed by atoms with van der Waals surface area (Å²) in [6.45, 7) is 6.35. The Kier molecular flexibility index (Phi) is 5.08. The van der Waals surface area contributed by atoms with E-state index in [2.05, 4.69) is 14.9 Å². The highest BCUT2D eigenvalue weighted by Gasteiger charge is 2.48. The highest BCUT2D eigenvalue weighted by molar-refractivity contribution is 7.91. The Morgan fingerprint density at radius 3 is 2.92 bits per heavy atom. The largest absolute Gasteiger partial charge is 0.473 e. The third kappa shape index (κ3) is 4.23. The summed E-state index contributed by atoms with van der Waals surface area (Å²) in [7, 11) is -2.91. The molecule has 0 radical (unpaired) electrons. The van der Waals surface area contributed by atoms with E-state index in [1.807, 2.05) is 6.92 Å². The van der Waals surface area contributed by atoms with E-state index in [9.17, 15) is 8.42 Å². The van der Waals surface area contributed by atoms with Gasteiger partial charge in [0.25, 0.3) is 0 Å². The van der Waals surface area contributed by atoms with E-state index in [0.29, 0.717) is 19.0 Å². The second-order valence-corrected chi connectivity index (χ2v) is 9.18. The molecular weight excluding hydrogens is 330 g/mol. The summed E-state index contributed by atoms with van der Waals surface area (Å²) in [5.74, 6) is 0.983. The predicted molar refractivity (Wildman–Crippen MR) is 89.9 cm³/mol. The van der Waals surface area contributed by atoms with E-state index in [-0.39, 0.29) is 23.2 Å². The van der Waals surface area contributed by atoms with Crippen LogP contribution < -0.4 is 4.74 Å². The van der Waals surface area contributed by atoms with Gasteiger partial charge in [-0.25, -0.2) is 13.4 Å². The lowest BCUT2D eigenvalue weighted by molar-refractivity contribution is -0.184. The van der Waals surface area contributed by atoms with Gasteiger partial charge in [0.15, 0.2) is 9.84 Å². The average Bonchev–Trinajstić information content (AvgIpc) is 2.51. The molecule has 1 atom stereocenters. The molecular formula is C16H25N3O4S. The third-order valence-corrected chi connectivity index (χ3v) is 6.33. The van der Waals surface area contributed by atoms with Crippen LogP contribution >= 0.6 is 0 Å². The van der Waals surface area contributed by atoms with Crippen LogP contribution in [0.2, 0.25) is 0 Å². The van der Waals surface area contributed by atoms with Crippen molar-refractivity contribution in [2.45, 2.75) is 38.4 Å². The first-order valence-electron chi connectivity index (χ1n) is 8.42. The number of hydrogen-bond acceptors (Lipinski definition) is 7. The fourth-order valence-corrected chi connectivity index (χ4v) is 4.14. The zero-order chi connectivity index (χ0) is 17.2. The first-order valence-corrected chi connectivity index (χ1v) is 10.2. The molecule has 8 heteroatoms. The summed E-state index contributed by atoms with van der Waals surface area (Å²) in [5, 5.41) is 0. The van der Waals surface area contributed by atoms with Crippen LogP contribution in [0.15, 0.2) is 12.4 Å². The number of likely N-dealkylation sites (tertiary alicyclic amines) is 1. The number of ether oxygens (including phenoxy) is 2. The molecule has 0 bridgehead atoms. The Morgan fingerprint density at radius 1 is 1.42 bits per heavy atom. The molecule has 2 fully saturated rings. The van der Waals surface area contributed by atoms with Gasteiger partial charge in [0.05, 0.1) is 29.9 Å². The van der Waals surface area contributed by atoms with Gasteiger partial charge >= 0.3 is 0 Å². The van der Waals surface area contributed by atoms with Crippen molar-refractivity contribution in [2.24, 2.45) is 0 Å². The molecule has 2 aliphatic rings. The molecule has 0 aliphatic carbocycles. The number of aryl methyl sites for hydroxylation is 1. The van der Waals surface area contributed by atoms with E-state index in [1.165, 1.54) is 0 Å². The van der Waals surface area contributed by atoms with E-state index >= 15 is 0 Å². The summed E-state index contributed by atoms with van der Waals surface area (Å²) < 4.78 is 35.1. The SMILES string of the molecule is CCS(=O)(=O)CCN1CC2(C[C@H](Oc3cncc(C)n3)CCO2)C1. The van der Waals surface area contributed by atoms with E-state index in [1.54, 1.807) is 19.3 Å². The van der Waals surface area contributed by atoms with Gasteiger partial charge in [0.2, 0.25) is 5.88 Å². The van der Waals surface area contributed by atoms with Crippen LogP contribution in [0.25, 0.3) is 0 Å². The topological polar surface area (TPSA) is 81.6 Å². The zero-order valence-corrected chi connectivity index (χ0v) is 15.1. The van der Waals surface area contributed by atoms with Crippen molar-refractivity contribution in [3.8, 4) is 5.88 Å². The Balaban J connectivity index is 1.50. The lowest BCUT2D eigenvalue weighted by Gasteiger charge is -2.53. The van der Waals surface area contributed by atoms with E-state index in [0.717, 1.165) is 31.6 Å². The van der Waals surface area contributed by atoms with Crippen LogP contribution in [-0.4, -0.2) is 72.7 Å². The maximum Gasteiger partial charge on any atom is 0.232 e. The summed E-state index contributed by atoms with van der Waals surface area (Å²) in [6, 6.07) is 0. The second-order valence-electron chi connectivity index (χ2n) is 6.71. The zero-order valence-electron chi connectivity index (χ0n) is 14.3. The maximum absolute atomic E-state index is 11.6. The molecule has 1 aromatic rings. The van der Waals surface area contributed by atoms with Crippen molar-refractivity contribution in [3.63, 3.8) is 0 Å². The molecule has 7 nitrogen and oxygen atoms in total. The van der Waals surface area contributed by atoms with Gasteiger partial charge in [0, 0.05) is 44.4 Å². The van der Waals surface area contributed by atoms with Crippen molar-refractivity contribution in [1.82, 2.24) is 14.9 Å². The standard InChI is InChI=1S/C16H25N3O4S/c1-3-24(20,21)7-5-19-11-16(12-19)8-14(4-6-22-16)23-15-10-17-9-13(2)18-15/h9-10,14H,3-8,11-12H2,1-2H3/t14-/m1/s1. The first kappa shape index (κ1) is 17.6. The average molecular weight is 355 g/mol. The summed E-state index contributed by atoms with van der Waals surface area (Å²) in [6.07, 6.45) is 5.04. The Labute approximate surface area is 143 Å². The predicted octanol–water partition coefficient (Wildman–Crippen LogP) is 0.832. The first-order chi connectivity index (χ1) is 11.4. The minimum absolute atomic E-state index is 0.0661. The second kappa shape index (κ2) is 6.93. The quantitative estimate of drug-likeness (QED) is 0.747. The molecule has 0 saturated carbocycles. The van der Waals surface area contributed by atoms with Gasteiger partial charge in [0.1, 0.15) is 6.10 Å². The molecule has 1 spiro atoms. The van der Waals surface area contributed by atoms with Crippen LogP contribution in [0.5, 0.6) is 5.88 Å². The molecule has 3 heterocycles. The van der Waals surface area contributed by atoms with Gasteiger partial charge in [-0.3, -0.25) is 9.88 Å². The third-order valence-electron chi connectivity index (χ3n) is 4.65. The summed E-state index contributed by atoms with van der Waals surface area (Å²) >= 11 is 0. The Bertz CT molecular complexity index is 674. The summed E-state index contributed by atoms with van der Waals surface area (Å²) in [5.41, 5.74) is 0.636. The van der Waals surface area contributed by atoms with Crippen molar-refractivity contribution >= 4 is 9.84 Å². The number of rotatable bonds is 6. The van der Waals surface area contributed by atoms with Crippen molar-refractivity contribution in [3.05, 3.63) is 18.1 Å². The van der Waals surface area contributed by atoms with Gasteiger partial charge < -0.3 is 9.47 Å². The highest BCUT2D eigenvalue weighted by atomic mass is 32.2. The number of aromatic nitrogens is 2. The van der Waals surface area contributed by atoms with Crippen LogP contribution in [0.1, 0.15) is 25.5 Å². The van der Waals surface area contributed by atoms with Gasteiger partial charge in [-0.1, -0.05) is 6.92 Å². The summed E-state index contributed by atoms with van der Waals surface area (Å²) in [4.78, 5) is 10.6. The van der Waals surface area contributed by atoms with Gasteiger partial charge in [-0.15, -0.1) is 0 Å². The number of hydrogen-bond donors (Lipinski definition) is 0. The monoisotopic (exact) mass is 355 g/mol. The van der Waals surface area contributed by atoms with Crippen molar-refractivity contribution in [2.75, 3.05) is 37.7 Å². The number of nitrogens with zero attached hydrogens (tertiary/aromatic N) is 3. The van der Waals surface area contributed by atoms with Gasteiger partial charge in [-0.05, 0) is 6.92 Å². The Hall–Kier alpha value is -1.25. The van der Waals surface area contributed by atoms with Crippen molar-refractivity contribution in [1.29, 1.82) is 0 Å². The van der Waals surface area contributed by atoms with Crippen LogP contribution in [0.4, 0.5) is 0 Å². The lowest BCUT2D eigenvalue weighted by Crippen LogP contribution is -2.66. The van der Waals surface area contributed by atoms with Crippen LogP contribution in [0.3, 0.4) is 0 Å². The number of sulfone groups is 1. The smallest absolute Gasteiger partial charge is 0.232 e. The molecule has 1 aromatic heterocycles. The van der Waals surface area contributed by atoms with Crippen LogP contribution in [-0.2, 0) is 14.6 Å². The fourth-order valence-electron chi connectivity index (χ4n) is 3.31. The fraction of sp³-hybridized carbons (Fsp3) is 0.750. The van der Waals surface area contributed by atoms with Gasteiger partial charge in [-0.2, -0.15) is 0 Å². The molecule has 2 saturated heterocycles. The lowest BCUT2D eigenvalue weighted by atomic mass is 9.85. The normalized spacial score (nSPS) is 23.8. The Morgan fingerprint density at radius 2 is 2.21 bits per heavy atom.